The van der Waals surface area contributed by atoms with Crippen LogP contribution in [0.2, 0.25) is 0 Å². The molecule has 0 bridgehead atoms. The lowest BCUT2D eigenvalue weighted by molar-refractivity contribution is 0.410. The number of hydrogen-bond acceptors (Lipinski definition) is 3. The predicted octanol–water partition coefficient (Wildman–Crippen LogP) is 3.63. The van der Waals surface area contributed by atoms with Crippen LogP contribution in [-0.4, -0.2) is 12.2 Å². The number of rotatable bonds is 4. The van der Waals surface area contributed by atoms with Gasteiger partial charge in [-0.15, -0.1) is 0 Å². The van der Waals surface area contributed by atoms with Crippen molar-refractivity contribution in [2.24, 2.45) is 0 Å². The van der Waals surface area contributed by atoms with Crippen LogP contribution >= 0.6 is 0 Å². The van der Waals surface area contributed by atoms with E-state index in [0.29, 0.717) is 6.54 Å². The number of nitrogens with one attached hydrogen (secondary N) is 1. The molecular weight excluding hydrogens is 238 g/mol. The SMILES string of the molecule is COc1ccc(C)cc1CNc1ccc(O)cc1C. The Morgan fingerprint density at radius 2 is 1.89 bits per heavy atom. The first-order valence-corrected chi connectivity index (χ1v) is 6.27. The van der Waals surface area contributed by atoms with Gasteiger partial charge in [-0.1, -0.05) is 17.7 Å². The summed E-state index contributed by atoms with van der Waals surface area (Å²) >= 11 is 0. The molecule has 0 saturated carbocycles. The normalized spacial score (nSPS) is 10.3. The molecule has 3 nitrogen and oxygen atoms in total. The summed E-state index contributed by atoms with van der Waals surface area (Å²) in [6.07, 6.45) is 0. The van der Waals surface area contributed by atoms with Gasteiger partial charge in [0.05, 0.1) is 7.11 Å². The van der Waals surface area contributed by atoms with E-state index >= 15 is 0 Å². The number of phenolic OH excluding ortho intramolecular Hbond substituents is 1. The number of aromatic hydroxyl groups is 1. The van der Waals surface area contributed by atoms with Crippen molar-refractivity contribution in [2.45, 2.75) is 20.4 Å². The van der Waals surface area contributed by atoms with E-state index in [2.05, 4.69) is 18.3 Å². The fraction of sp³-hybridized carbons (Fsp3) is 0.250. The smallest absolute Gasteiger partial charge is 0.123 e. The van der Waals surface area contributed by atoms with Crippen molar-refractivity contribution in [2.75, 3.05) is 12.4 Å². The maximum absolute atomic E-state index is 9.39. The standard InChI is InChI=1S/C16H19NO2/c1-11-4-7-16(19-3)13(8-11)10-17-15-6-5-14(18)9-12(15)2/h4-9,17-18H,10H2,1-3H3. The van der Waals surface area contributed by atoms with Crippen LogP contribution < -0.4 is 10.1 Å². The van der Waals surface area contributed by atoms with Crippen LogP contribution in [0.15, 0.2) is 36.4 Å². The minimum atomic E-state index is 0.288. The summed E-state index contributed by atoms with van der Waals surface area (Å²) in [6.45, 7) is 4.72. The highest BCUT2D eigenvalue weighted by molar-refractivity contribution is 5.54. The molecule has 3 heteroatoms. The number of hydrogen-bond donors (Lipinski definition) is 2. The number of ether oxygens (including phenoxy) is 1. The van der Waals surface area contributed by atoms with Crippen molar-refractivity contribution in [1.82, 2.24) is 0 Å². The van der Waals surface area contributed by atoms with E-state index in [4.69, 9.17) is 4.74 Å². The average molecular weight is 257 g/mol. The first-order valence-electron chi connectivity index (χ1n) is 6.27. The molecule has 0 atom stereocenters. The van der Waals surface area contributed by atoms with Gasteiger partial charge in [-0.3, -0.25) is 0 Å². The van der Waals surface area contributed by atoms with E-state index in [1.807, 2.05) is 25.1 Å². The number of phenols is 1. The molecule has 19 heavy (non-hydrogen) atoms. The highest BCUT2D eigenvalue weighted by Gasteiger charge is 2.04. The molecule has 100 valence electrons. The molecule has 0 aliphatic carbocycles. The first-order chi connectivity index (χ1) is 9.10. The van der Waals surface area contributed by atoms with Gasteiger partial charge in [0.15, 0.2) is 0 Å². The Hall–Kier alpha value is -2.16. The minimum Gasteiger partial charge on any atom is -0.508 e. The van der Waals surface area contributed by atoms with Crippen molar-refractivity contribution in [1.29, 1.82) is 0 Å². The van der Waals surface area contributed by atoms with Gasteiger partial charge in [0.25, 0.3) is 0 Å². The van der Waals surface area contributed by atoms with Gasteiger partial charge in [0, 0.05) is 17.8 Å². The predicted molar refractivity (Wildman–Crippen MR) is 77.9 cm³/mol. The second kappa shape index (κ2) is 5.65. The van der Waals surface area contributed by atoms with Gasteiger partial charge in [-0.25, -0.2) is 0 Å². The van der Waals surface area contributed by atoms with E-state index < -0.39 is 0 Å². The highest BCUT2D eigenvalue weighted by atomic mass is 16.5. The highest BCUT2D eigenvalue weighted by Crippen LogP contribution is 2.24. The topological polar surface area (TPSA) is 41.5 Å². The van der Waals surface area contributed by atoms with Crippen LogP contribution in [0.1, 0.15) is 16.7 Å². The number of methoxy groups -OCH3 is 1. The largest absolute Gasteiger partial charge is 0.508 e. The third-order valence-corrected chi connectivity index (χ3v) is 3.12. The van der Waals surface area contributed by atoms with E-state index in [-0.39, 0.29) is 5.75 Å². The van der Waals surface area contributed by atoms with E-state index in [9.17, 15) is 5.11 Å². The summed E-state index contributed by atoms with van der Waals surface area (Å²) in [5.74, 6) is 1.17. The Kier molecular flexibility index (Phi) is 3.95. The molecule has 0 fully saturated rings. The molecule has 0 aliphatic heterocycles. The van der Waals surface area contributed by atoms with E-state index in [1.165, 1.54) is 5.56 Å². The van der Waals surface area contributed by atoms with Gasteiger partial charge >= 0.3 is 0 Å². The second-order valence-electron chi connectivity index (χ2n) is 4.67. The Balaban J connectivity index is 2.16. The summed E-state index contributed by atoms with van der Waals surface area (Å²) in [4.78, 5) is 0. The number of anilines is 1. The molecule has 0 heterocycles. The molecule has 0 aromatic heterocycles. The fourth-order valence-electron chi connectivity index (χ4n) is 2.08. The number of aryl methyl sites for hydroxylation is 2. The zero-order valence-electron chi connectivity index (χ0n) is 11.5. The molecule has 0 saturated heterocycles. The van der Waals surface area contributed by atoms with Crippen LogP contribution in [0.5, 0.6) is 11.5 Å². The third kappa shape index (κ3) is 3.19. The second-order valence-corrected chi connectivity index (χ2v) is 4.67. The maximum atomic E-state index is 9.39. The molecule has 0 aliphatic rings. The molecule has 0 amide bonds. The molecule has 0 radical (unpaired) electrons. The lowest BCUT2D eigenvalue weighted by Gasteiger charge is -2.13. The molecular formula is C16H19NO2. The lowest BCUT2D eigenvalue weighted by atomic mass is 10.1. The Morgan fingerprint density at radius 1 is 1.11 bits per heavy atom. The molecule has 2 rings (SSSR count). The Labute approximate surface area is 113 Å². The summed E-state index contributed by atoms with van der Waals surface area (Å²) in [6, 6.07) is 11.4. The van der Waals surface area contributed by atoms with E-state index in [0.717, 1.165) is 22.6 Å². The Morgan fingerprint density at radius 3 is 2.58 bits per heavy atom. The van der Waals surface area contributed by atoms with E-state index in [1.54, 1.807) is 19.2 Å². The van der Waals surface area contributed by atoms with Crippen molar-refractivity contribution in [3.63, 3.8) is 0 Å². The fourth-order valence-corrected chi connectivity index (χ4v) is 2.08. The number of benzene rings is 2. The van der Waals surface area contributed by atoms with Crippen molar-refractivity contribution < 1.29 is 9.84 Å². The average Bonchev–Trinajstić information content (AvgIpc) is 2.38. The van der Waals surface area contributed by atoms with Crippen LogP contribution in [0, 0.1) is 13.8 Å². The summed E-state index contributed by atoms with van der Waals surface area (Å²) in [5, 5.41) is 12.8. The molecule has 2 aromatic carbocycles. The zero-order chi connectivity index (χ0) is 13.8. The third-order valence-electron chi connectivity index (χ3n) is 3.12. The van der Waals surface area contributed by atoms with Crippen molar-refractivity contribution in [3.8, 4) is 11.5 Å². The lowest BCUT2D eigenvalue weighted by Crippen LogP contribution is -2.03. The van der Waals surface area contributed by atoms with Gasteiger partial charge in [-0.2, -0.15) is 0 Å². The molecule has 2 N–H and O–H groups in total. The summed E-state index contributed by atoms with van der Waals surface area (Å²) in [7, 11) is 1.68. The zero-order valence-corrected chi connectivity index (χ0v) is 11.5. The van der Waals surface area contributed by atoms with Gasteiger partial charge < -0.3 is 15.2 Å². The van der Waals surface area contributed by atoms with Crippen molar-refractivity contribution >= 4 is 5.69 Å². The summed E-state index contributed by atoms with van der Waals surface area (Å²) in [5.41, 5.74) is 4.36. The van der Waals surface area contributed by atoms with Gasteiger partial charge in [0.2, 0.25) is 0 Å². The van der Waals surface area contributed by atoms with Crippen molar-refractivity contribution in [3.05, 3.63) is 53.1 Å². The monoisotopic (exact) mass is 257 g/mol. The maximum Gasteiger partial charge on any atom is 0.123 e. The minimum absolute atomic E-state index is 0.288. The summed E-state index contributed by atoms with van der Waals surface area (Å²) < 4.78 is 5.36. The molecule has 2 aromatic rings. The Bertz CT molecular complexity index is 579. The van der Waals surface area contributed by atoms with Crippen LogP contribution in [-0.2, 0) is 6.54 Å². The molecule has 0 unspecified atom stereocenters. The first kappa shape index (κ1) is 13.3. The quantitative estimate of drug-likeness (QED) is 0.822. The van der Waals surface area contributed by atoms with Crippen LogP contribution in [0.4, 0.5) is 5.69 Å². The van der Waals surface area contributed by atoms with Crippen LogP contribution in [0.25, 0.3) is 0 Å². The van der Waals surface area contributed by atoms with Crippen LogP contribution in [0.3, 0.4) is 0 Å². The van der Waals surface area contributed by atoms with Gasteiger partial charge in [-0.05, 0) is 43.7 Å². The molecule has 0 spiro atoms. The van der Waals surface area contributed by atoms with Gasteiger partial charge in [0.1, 0.15) is 11.5 Å².